The number of hydrogen-bond acceptors (Lipinski definition) is 2. The zero-order chi connectivity index (χ0) is 24.6. The van der Waals surface area contributed by atoms with Gasteiger partial charge in [0.15, 0.2) is 0 Å². The van der Waals surface area contributed by atoms with Gasteiger partial charge in [0.1, 0.15) is 16.1 Å². The van der Waals surface area contributed by atoms with E-state index < -0.39 is 16.1 Å². The van der Waals surface area contributed by atoms with Gasteiger partial charge < -0.3 is 0 Å². The Kier molecular flexibility index (Phi) is 7.94. The standard InChI is InChI=1S/C30H28N2Si2/c1-33(2,3)21-17-27-15-19-31-23-29(27)13-11-25-7-9-26(10-8-25)12-14-30-24-32-20-16-28(30)18-22-34(4,5)6/h7-10,15-16,19-20,23-24H,1-6H3. The highest BCUT2D eigenvalue weighted by Crippen LogP contribution is 2.09. The topological polar surface area (TPSA) is 25.8 Å². The normalized spacial score (nSPS) is 10.3. The van der Waals surface area contributed by atoms with Crippen molar-refractivity contribution in [1.29, 1.82) is 0 Å². The lowest BCUT2D eigenvalue weighted by Gasteiger charge is -2.03. The predicted octanol–water partition coefficient (Wildman–Crippen LogP) is 5.73. The maximum Gasteiger partial charge on any atom is 0.129 e. The van der Waals surface area contributed by atoms with Crippen LogP contribution in [0.15, 0.2) is 61.2 Å². The summed E-state index contributed by atoms with van der Waals surface area (Å²) in [6.45, 7) is 13.4. The molecule has 3 aromatic rings. The van der Waals surface area contributed by atoms with E-state index in [4.69, 9.17) is 0 Å². The lowest BCUT2D eigenvalue weighted by Crippen LogP contribution is -2.16. The first kappa shape index (κ1) is 24.8. The van der Waals surface area contributed by atoms with Gasteiger partial charge in [-0.15, -0.1) is 11.1 Å². The van der Waals surface area contributed by atoms with Crippen molar-refractivity contribution in [2.45, 2.75) is 39.3 Å². The molecule has 3 rings (SSSR count). The van der Waals surface area contributed by atoms with Gasteiger partial charge >= 0.3 is 0 Å². The molecule has 0 amide bonds. The van der Waals surface area contributed by atoms with Crippen LogP contribution in [0.5, 0.6) is 0 Å². The van der Waals surface area contributed by atoms with E-state index in [1.807, 2.05) is 36.4 Å². The molecule has 0 atom stereocenters. The summed E-state index contributed by atoms with van der Waals surface area (Å²) in [5.41, 5.74) is 12.2. The van der Waals surface area contributed by atoms with Crippen molar-refractivity contribution in [1.82, 2.24) is 9.97 Å². The third-order valence-corrected chi connectivity index (χ3v) is 6.10. The van der Waals surface area contributed by atoms with E-state index in [-0.39, 0.29) is 0 Å². The summed E-state index contributed by atoms with van der Waals surface area (Å²) < 4.78 is 0. The van der Waals surface area contributed by atoms with Gasteiger partial charge in [0.2, 0.25) is 0 Å². The van der Waals surface area contributed by atoms with Crippen molar-refractivity contribution < 1.29 is 0 Å². The molecule has 2 heterocycles. The second-order valence-corrected chi connectivity index (χ2v) is 19.4. The van der Waals surface area contributed by atoms with E-state index in [1.165, 1.54) is 0 Å². The zero-order valence-electron chi connectivity index (χ0n) is 20.7. The Labute approximate surface area is 206 Å². The molecule has 0 saturated heterocycles. The van der Waals surface area contributed by atoms with Crippen molar-refractivity contribution in [2.75, 3.05) is 0 Å². The van der Waals surface area contributed by atoms with Crippen LogP contribution in [-0.2, 0) is 0 Å². The minimum atomic E-state index is -1.46. The Hall–Kier alpha value is -3.81. The summed E-state index contributed by atoms with van der Waals surface area (Å²) in [5, 5.41) is 0. The van der Waals surface area contributed by atoms with Gasteiger partial charge in [-0.05, 0) is 36.4 Å². The molecule has 0 aliphatic heterocycles. The van der Waals surface area contributed by atoms with E-state index in [1.54, 1.807) is 24.8 Å². The molecule has 0 N–H and O–H groups in total. The van der Waals surface area contributed by atoms with Crippen LogP contribution in [0.1, 0.15) is 33.4 Å². The van der Waals surface area contributed by atoms with Gasteiger partial charge in [0.25, 0.3) is 0 Å². The van der Waals surface area contributed by atoms with Crippen LogP contribution in [-0.4, -0.2) is 26.1 Å². The molecule has 0 spiro atoms. The zero-order valence-corrected chi connectivity index (χ0v) is 22.7. The van der Waals surface area contributed by atoms with Crippen LogP contribution in [0.25, 0.3) is 0 Å². The summed E-state index contributed by atoms with van der Waals surface area (Å²) in [5.74, 6) is 19.5. The number of hydrogen-bond donors (Lipinski definition) is 0. The van der Waals surface area contributed by atoms with Crippen molar-refractivity contribution in [3.05, 3.63) is 94.6 Å². The van der Waals surface area contributed by atoms with Crippen LogP contribution < -0.4 is 0 Å². The molecule has 0 aliphatic carbocycles. The monoisotopic (exact) mass is 472 g/mol. The lowest BCUT2D eigenvalue weighted by molar-refractivity contribution is 1.30. The van der Waals surface area contributed by atoms with E-state index in [9.17, 15) is 0 Å². The second-order valence-electron chi connectivity index (χ2n) is 9.92. The molecule has 34 heavy (non-hydrogen) atoms. The quantitative estimate of drug-likeness (QED) is 0.308. The summed E-state index contributed by atoms with van der Waals surface area (Å²) in [6.07, 6.45) is 7.07. The van der Waals surface area contributed by atoms with Gasteiger partial charge in [-0.1, -0.05) is 74.8 Å². The van der Waals surface area contributed by atoms with Crippen molar-refractivity contribution >= 4 is 16.1 Å². The van der Waals surface area contributed by atoms with Crippen molar-refractivity contribution in [2.24, 2.45) is 0 Å². The Morgan fingerprint density at radius 3 is 1.21 bits per heavy atom. The molecule has 0 saturated carbocycles. The second kappa shape index (κ2) is 10.9. The molecule has 0 unspecified atom stereocenters. The Balaban J connectivity index is 1.81. The van der Waals surface area contributed by atoms with Gasteiger partial charge in [0, 0.05) is 47.0 Å². The smallest absolute Gasteiger partial charge is 0.129 e. The van der Waals surface area contributed by atoms with Crippen molar-refractivity contribution in [3.8, 4) is 46.6 Å². The average Bonchev–Trinajstić information content (AvgIpc) is 2.79. The highest BCUT2D eigenvalue weighted by molar-refractivity contribution is 6.84. The third-order valence-electron chi connectivity index (χ3n) is 4.35. The SMILES string of the molecule is C[Si](C)(C)C#Cc1ccncc1C#Cc1ccc(C#Cc2cnccc2C#C[Si](C)(C)C)cc1. The first-order chi connectivity index (χ1) is 16.1. The van der Waals surface area contributed by atoms with E-state index in [2.05, 4.69) is 95.9 Å². The molecule has 166 valence electrons. The van der Waals surface area contributed by atoms with E-state index in [0.717, 1.165) is 33.4 Å². The lowest BCUT2D eigenvalue weighted by atomic mass is 10.1. The molecule has 0 aliphatic rings. The number of nitrogens with zero attached hydrogens (tertiary/aromatic N) is 2. The average molecular weight is 473 g/mol. The fourth-order valence-electron chi connectivity index (χ4n) is 2.63. The van der Waals surface area contributed by atoms with Crippen LogP contribution >= 0.6 is 0 Å². The number of pyridine rings is 2. The van der Waals surface area contributed by atoms with Gasteiger partial charge in [-0.3, -0.25) is 9.97 Å². The molecule has 4 heteroatoms. The molecule has 2 aromatic heterocycles. The fraction of sp³-hybridized carbons (Fsp3) is 0.200. The molecular weight excluding hydrogens is 445 g/mol. The number of rotatable bonds is 0. The minimum Gasteiger partial charge on any atom is -0.263 e. The Morgan fingerprint density at radius 1 is 0.471 bits per heavy atom. The highest BCUT2D eigenvalue weighted by atomic mass is 28.3. The van der Waals surface area contributed by atoms with Crippen LogP contribution in [0, 0.1) is 46.6 Å². The maximum absolute atomic E-state index is 4.21. The highest BCUT2D eigenvalue weighted by Gasteiger charge is 2.08. The fourth-order valence-corrected chi connectivity index (χ4v) is 3.65. The van der Waals surface area contributed by atoms with Crippen LogP contribution in [0.3, 0.4) is 0 Å². The van der Waals surface area contributed by atoms with E-state index >= 15 is 0 Å². The number of benzene rings is 1. The molecular formula is C30H28N2Si2. The molecule has 0 bridgehead atoms. The molecule has 0 fully saturated rings. The summed E-state index contributed by atoms with van der Waals surface area (Å²) in [4.78, 5) is 8.43. The van der Waals surface area contributed by atoms with Gasteiger partial charge in [-0.2, -0.15) is 0 Å². The van der Waals surface area contributed by atoms with Crippen molar-refractivity contribution in [3.63, 3.8) is 0 Å². The predicted molar refractivity (Wildman–Crippen MR) is 147 cm³/mol. The number of aromatic nitrogens is 2. The first-order valence-corrected chi connectivity index (χ1v) is 18.2. The largest absolute Gasteiger partial charge is 0.263 e. The Morgan fingerprint density at radius 2 is 0.853 bits per heavy atom. The van der Waals surface area contributed by atoms with Crippen LogP contribution in [0.2, 0.25) is 39.3 Å². The molecule has 2 nitrogen and oxygen atoms in total. The minimum absolute atomic E-state index is 0.848. The maximum atomic E-state index is 4.21. The molecule has 0 radical (unpaired) electrons. The van der Waals surface area contributed by atoms with Crippen LogP contribution in [0.4, 0.5) is 0 Å². The molecule has 1 aromatic carbocycles. The first-order valence-electron chi connectivity index (χ1n) is 11.2. The third kappa shape index (κ3) is 8.28. The Bertz CT molecular complexity index is 1310. The van der Waals surface area contributed by atoms with E-state index in [0.29, 0.717) is 0 Å². The summed E-state index contributed by atoms with van der Waals surface area (Å²) in [7, 11) is -2.92. The summed E-state index contributed by atoms with van der Waals surface area (Å²) in [6, 6.07) is 11.8. The summed E-state index contributed by atoms with van der Waals surface area (Å²) >= 11 is 0. The van der Waals surface area contributed by atoms with Gasteiger partial charge in [-0.25, -0.2) is 0 Å². The van der Waals surface area contributed by atoms with Gasteiger partial charge in [0.05, 0.1) is 11.1 Å².